The molecule has 1 heterocycles. The van der Waals surface area contributed by atoms with Gasteiger partial charge in [-0.1, -0.05) is 0 Å². The van der Waals surface area contributed by atoms with E-state index in [-0.39, 0.29) is 5.97 Å². The van der Waals surface area contributed by atoms with Crippen molar-refractivity contribution in [3.05, 3.63) is 33.2 Å². The molecule has 0 saturated heterocycles. The van der Waals surface area contributed by atoms with Gasteiger partial charge in [-0.3, -0.25) is 0 Å². The fourth-order valence-electron chi connectivity index (χ4n) is 2.94. The largest absolute Gasteiger partial charge is 0.500 e. The lowest BCUT2D eigenvalue weighted by molar-refractivity contribution is 0.00752. The predicted molar refractivity (Wildman–Crippen MR) is 94.8 cm³/mol. The zero-order chi connectivity index (χ0) is 17.7. The molecule has 0 radical (unpaired) electrons. The van der Waals surface area contributed by atoms with E-state index in [4.69, 9.17) is 9.47 Å². The second-order valence-corrected chi connectivity index (χ2v) is 8.22. The van der Waals surface area contributed by atoms with Gasteiger partial charge in [0.2, 0.25) is 0 Å². The van der Waals surface area contributed by atoms with E-state index < -0.39 is 5.60 Å². The molecule has 2 rings (SSSR count). The van der Waals surface area contributed by atoms with Crippen molar-refractivity contribution in [2.75, 3.05) is 7.11 Å². The van der Waals surface area contributed by atoms with Crippen molar-refractivity contribution < 1.29 is 14.3 Å². The SMILES string of the molecule is COC1=C(C#N)C(CCCc2ccc(C(=O)OC(C)(C)C)s2)CC1. The van der Waals surface area contributed by atoms with Crippen molar-refractivity contribution in [2.24, 2.45) is 5.92 Å². The van der Waals surface area contributed by atoms with Gasteiger partial charge < -0.3 is 9.47 Å². The van der Waals surface area contributed by atoms with Crippen LogP contribution in [0.3, 0.4) is 0 Å². The van der Waals surface area contributed by atoms with Crippen LogP contribution in [0.4, 0.5) is 0 Å². The second-order valence-electron chi connectivity index (χ2n) is 7.05. The summed E-state index contributed by atoms with van der Waals surface area (Å²) >= 11 is 1.50. The summed E-state index contributed by atoms with van der Waals surface area (Å²) in [6, 6.07) is 6.14. The van der Waals surface area contributed by atoms with E-state index in [0.717, 1.165) is 43.4 Å². The molecule has 0 saturated carbocycles. The summed E-state index contributed by atoms with van der Waals surface area (Å²) in [7, 11) is 1.64. The van der Waals surface area contributed by atoms with Crippen LogP contribution in [0.2, 0.25) is 0 Å². The lowest BCUT2D eigenvalue weighted by atomic mass is 9.95. The molecule has 0 aliphatic heterocycles. The number of carbonyl (C=O) groups is 1. The molecular formula is C19H25NO3S. The molecule has 1 unspecified atom stereocenters. The van der Waals surface area contributed by atoms with Crippen LogP contribution in [0.25, 0.3) is 0 Å². The van der Waals surface area contributed by atoms with Crippen molar-refractivity contribution in [2.45, 2.75) is 58.5 Å². The number of ether oxygens (including phenoxy) is 2. The molecule has 1 aromatic rings. The Bertz CT molecular complexity index is 661. The van der Waals surface area contributed by atoms with E-state index in [9.17, 15) is 10.1 Å². The molecule has 0 fully saturated rings. The zero-order valence-corrected chi connectivity index (χ0v) is 15.7. The molecule has 5 heteroatoms. The van der Waals surface area contributed by atoms with Gasteiger partial charge in [0.25, 0.3) is 0 Å². The van der Waals surface area contributed by atoms with Gasteiger partial charge in [0.1, 0.15) is 16.2 Å². The van der Waals surface area contributed by atoms with Crippen LogP contribution in [-0.4, -0.2) is 18.7 Å². The van der Waals surface area contributed by atoms with Crippen molar-refractivity contribution in [1.29, 1.82) is 5.26 Å². The average molecular weight is 347 g/mol. The molecule has 4 nitrogen and oxygen atoms in total. The maximum absolute atomic E-state index is 12.0. The normalized spacial score (nSPS) is 17.7. The monoisotopic (exact) mass is 347 g/mol. The Hall–Kier alpha value is -1.80. The van der Waals surface area contributed by atoms with Crippen molar-refractivity contribution in [3.63, 3.8) is 0 Å². The fourth-order valence-corrected chi connectivity index (χ4v) is 3.87. The molecule has 130 valence electrons. The zero-order valence-electron chi connectivity index (χ0n) is 14.8. The Morgan fingerprint density at radius 1 is 1.42 bits per heavy atom. The molecule has 1 aliphatic carbocycles. The summed E-state index contributed by atoms with van der Waals surface area (Å²) in [5.41, 5.74) is 0.348. The maximum Gasteiger partial charge on any atom is 0.348 e. The van der Waals surface area contributed by atoms with Gasteiger partial charge in [-0.25, -0.2) is 4.79 Å². The Morgan fingerprint density at radius 3 is 2.79 bits per heavy atom. The first kappa shape index (κ1) is 18.5. The van der Waals surface area contributed by atoms with Crippen LogP contribution in [0.1, 0.15) is 61.0 Å². The van der Waals surface area contributed by atoms with Crippen molar-refractivity contribution in [3.8, 4) is 6.07 Å². The van der Waals surface area contributed by atoms with Crippen LogP contribution in [0, 0.1) is 17.2 Å². The Kier molecular flexibility index (Phi) is 6.06. The van der Waals surface area contributed by atoms with E-state index in [2.05, 4.69) is 6.07 Å². The van der Waals surface area contributed by atoms with Crippen LogP contribution in [0.5, 0.6) is 0 Å². The van der Waals surface area contributed by atoms with E-state index >= 15 is 0 Å². The summed E-state index contributed by atoms with van der Waals surface area (Å²) in [5.74, 6) is 0.912. The van der Waals surface area contributed by atoms with Gasteiger partial charge in [0.05, 0.1) is 18.8 Å². The summed E-state index contributed by atoms with van der Waals surface area (Å²) in [5, 5.41) is 9.27. The topological polar surface area (TPSA) is 59.3 Å². The number of aryl methyl sites for hydroxylation is 1. The number of allylic oxidation sites excluding steroid dienone is 2. The van der Waals surface area contributed by atoms with Gasteiger partial charge in [0, 0.05) is 11.3 Å². The summed E-state index contributed by atoms with van der Waals surface area (Å²) in [4.78, 5) is 13.9. The highest BCUT2D eigenvalue weighted by molar-refractivity contribution is 7.13. The van der Waals surface area contributed by atoms with Gasteiger partial charge in [0.15, 0.2) is 0 Å². The molecule has 0 bridgehead atoms. The first-order valence-electron chi connectivity index (χ1n) is 8.33. The summed E-state index contributed by atoms with van der Waals surface area (Å²) in [6.45, 7) is 5.61. The average Bonchev–Trinajstić information content (AvgIpc) is 3.12. The smallest absolute Gasteiger partial charge is 0.348 e. The number of thiophene rings is 1. The third-order valence-corrected chi connectivity index (χ3v) is 5.16. The molecule has 0 aromatic carbocycles. The molecule has 1 atom stereocenters. The van der Waals surface area contributed by atoms with E-state index in [0.29, 0.717) is 10.8 Å². The highest BCUT2D eigenvalue weighted by atomic mass is 32.1. The quantitative estimate of drug-likeness (QED) is 0.690. The Labute approximate surface area is 148 Å². The molecule has 24 heavy (non-hydrogen) atoms. The van der Waals surface area contributed by atoms with Crippen LogP contribution in [0.15, 0.2) is 23.5 Å². The second kappa shape index (κ2) is 7.85. The maximum atomic E-state index is 12.0. The first-order valence-corrected chi connectivity index (χ1v) is 9.15. The van der Waals surface area contributed by atoms with Crippen molar-refractivity contribution >= 4 is 17.3 Å². The Morgan fingerprint density at radius 2 is 2.17 bits per heavy atom. The summed E-state index contributed by atoms with van der Waals surface area (Å²) in [6.07, 6.45) is 4.77. The lowest BCUT2D eigenvalue weighted by Gasteiger charge is -2.18. The number of rotatable bonds is 6. The van der Waals surface area contributed by atoms with Crippen molar-refractivity contribution in [1.82, 2.24) is 0 Å². The minimum absolute atomic E-state index is 0.256. The number of nitriles is 1. The molecule has 0 N–H and O–H groups in total. The molecule has 1 aliphatic rings. The molecule has 1 aromatic heterocycles. The number of carbonyl (C=O) groups excluding carboxylic acids is 1. The molecule has 0 spiro atoms. The Balaban J connectivity index is 1.85. The van der Waals surface area contributed by atoms with Gasteiger partial charge in [-0.2, -0.15) is 5.26 Å². The van der Waals surface area contributed by atoms with Crippen LogP contribution >= 0.6 is 11.3 Å². The number of hydrogen-bond donors (Lipinski definition) is 0. The molecule has 0 amide bonds. The fraction of sp³-hybridized carbons (Fsp3) is 0.579. The number of hydrogen-bond acceptors (Lipinski definition) is 5. The summed E-state index contributed by atoms with van der Waals surface area (Å²) < 4.78 is 10.7. The third-order valence-electron chi connectivity index (χ3n) is 4.03. The number of nitrogens with zero attached hydrogens (tertiary/aromatic N) is 1. The number of esters is 1. The van der Waals surface area contributed by atoms with Crippen LogP contribution in [-0.2, 0) is 15.9 Å². The molecular weight excluding hydrogens is 322 g/mol. The number of methoxy groups -OCH3 is 1. The van der Waals surface area contributed by atoms with Crippen LogP contribution < -0.4 is 0 Å². The third kappa shape index (κ3) is 4.85. The van der Waals surface area contributed by atoms with E-state index in [1.54, 1.807) is 7.11 Å². The van der Waals surface area contributed by atoms with Gasteiger partial charge in [-0.05, 0) is 64.5 Å². The van der Waals surface area contributed by atoms with E-state index in [1.807, 2.05) is 32.9 Å². The minimum Gasteiger partial charge on any atom is -0.500 e. The predicted octanol–water partition coefficient (Wildman–Crippen LogP) is 4.86. The van der Waals surface area contributed by atoms with Gasteiger partial charge in [-0.15, -0.1) is 11.3 Å². The lowest BCUT2D eigenvalue weighted by Crippen LogP contribution is -2.23. The highest BCUT2D eigenvalue weighted by Gasteiger charge is 2.26. The van der Waals surface area contributed by atoms with Gasteiger partial charge >= 0.3 is 5.97 Å². The standard InChI is InChI=1S/C19H25NO3S/c1-19(2,3)23-18(21)17-11-9-14(24-17)7-5-6-13-8-10-16(22-4)15(13)12-20/h9,11,13H,5-8,10H2,1-4H3. The highest BCUT2D eigenvalue weighted by Crippen LogP contribution is 2.35. The van der Waals surface area contributed by atoms with E-state index in [1.165, 1.54) is 16.2 Å². The first-order chi connectivity index (χ1) is 11.3. The minimum atomic E-state index is -0.469.